The van der Waals surface area contributed by atoms with Crippen LogP contribution in [0.1, 0.15) is 17.3 Å². The minimum absolute atomic E-state index is 0.136. The number of aliphatic hydroxyl groups excluding tert-OH is 3. The Balaban J connectivity index is 2.10. The van der Waals surface area contributed by atoms with Crippen molar-refractivity contribution in [2.75, 3.05) is 5.73 Å². The monoisotopic (exact) mass is 283 g/mol. The average molecular weight is 283 g/mol. The second kappa shape index (κ2) is 5.76. The fraction of sp³-hybridized carbons (Fsp3) is 0.462. The van der Waals surface area contributed by atoms with Gasteiger partial charge in [0.1, 0.15) is 18.3 Å². The number of ether oxygens (including phenoxy) is 2. The summed E-state index contributed by atoms with van der Waals surface area (Å²) < 4.78 is 10.2. The summed E-state index contributed by atoms with van der Waals surface area (Å²) in [6.07, 6.45) is -6.38. The van der Waals surface area contributed by atoms with Gasteiger partial charge in [-0.25, -0.2) is 4.79 Å². The van der Waals surface area contributed by atoms with E-state index in [1.165, 1.54) is 19.1 Å². The molecule has 5 N–H and O–H groups in total. The number of carbonyl (C=O) groups is 1. The molecule has 7 heteroatoms. The minimum atomic E-state index is -1.53. The van der Waals surface area contributed by atoms with Crippen molar-refractivity contribution in [3.8, 4) is 0 Å². The van der Waals surface area contributed by atoms with Crippen molar-refractivity contribution in [2.24, 2.45) is 0 Å². The van der Waals surface area contributed by atoms with Gasteiger partial charge in [-0.05, 0) is 19.1 Å². The summed E-state index contributed by atoms with van der Waals surface area (Å²) in [7, 11) is 0. The number of anilines is 1. The topological polar surface area (TPSA) is 122 Å². The number of nitrogen functional groups attached to an aromatic ring is 1. The highest BCUT2D eigenvalue weighted by atomic mass is 16.7. The van der Waals surface area contributed by atoms with Crippen molar-refractivity contribution in [1.82, 2.24) is 0 Å². The second-order valence-corrected chi connectivity index (χ2v) is 4.67. The van der Waals surface area contributed by atoms with Crippen molar-refractivity contribution >= 4 is 11.7 Å². The summed E-state index contributed by atoms with van der Waals surface area (Å²) in [5.41, 5.74) is 6.01. The fourth-order valence-electron chi connectivity index (χ4n) is 1.96. The summed E-state index contributed by atoms with van der Waals surface area (Å²) in [6.45, 7) is 1.50. The second-order valence-electron chi connectivity index (χ2n) is 4.67. The molecule has 0 saturated carbocycles. The number of rotatable bonds is 2. The maximum atomic E-state index is 11.9. The van der Waals surface area contributed by atoms with Gasteiger partial charge in [0.05, 0.1) is 11.7 Å². The number of carbonyl (C=O) groups excluding carboxylic acids is 1. The Morgan fingerprint density at radius 3 is 2.50 bits per heavy atom. The van der Waals surface area contributed by atoms with Gasteiger partial charge in [0.15, 0.2) is 0 Å². The van der Waals surface area contributed by atoms with Crippen molar-refractivity contribution in [3.05, 3.63) is 29.8 Å². The van der Waals surface area contributed by atoms with E-state index in [0.29, 0.717) is 0 Å². The molecule has 1 aromatic carbocycles. The van der Waals surface area contributed by atoms with Crippen molar-refractivity contribution in [3.63, 3.8) is 0 Å². The molecule has 110 valence electrons. The number of esters is 1. The summed E-state index contributed by atoms with van der Waals surface area (Å²) in [6, 6.07) is 6.30. The van der Waals surface area contributed by atoms with Crippen molar-refractivity contribution in [2.45, 2.75) is 37.6 Å². The van der Waals surface area contributed by atoms with Crippen LogP contribution in [-0.2, 0) is 9.47 Å². The van der Waals surface area contributed by atoms with Gasteiger partial charge in [-0.3, -0.25) is 0 Å². The molecule has 0 aliphatic carbocycles. The van der Waals surface area contributed by atoms with Gasteiger partial charge >= 0.3 is 5.97 Å². The quantitative estimate of drug-likeness (QED) is 0.416. The molecule has 1 aliphatic heterocycles. The Labute approximate surface area is 115 Å². The number of benzene rings is 1. The first-order chi connectivity index (χ1) is 9.41. The molecule has 0 bridgehead atoms. The lowest BCUT2D eigenvalue weighted by Gasteiger charge is -2.38. The highest BCUT2D eigenvalue weighted by molar-refractivity contribution is 5.95. The number of aliphatic hydroxyl groups is 3. The lowest BCUT2D eigenvalue weighted by molar-refractivity contribution is -0.276. The molecule has 5 atom stereocenters. The number of para-hydroxylation sites is 1. The zero-order chi connectivity index (χ0) is 14.9. The lowest BCUT2D eigenvalue weighted by atomic mass is 10.00. The molecule has 2 rings (SSSR count). The molecular formula is C13H17NO6. The van der Waals surface area contributed by atoms with E-state index in [1.807, 2.05) is 0 Å². The summed E-state index contributed by atoms with van der Waals surface area (Å²) >= 11 is 0. The molecule has 1 fully saturated rings. The Morgan fingerprint density at radius 2 is 1.85 bits per heavy atom. The van der Waals surface area contributed by atoms with Crippen LogP contribution >= 0.6 is 0 Å². The summed E-state index contributed by atoms with van der Waals surface area (Å²) in [5.74, 6) is -0.775. The van der Waals surface area contributed by atoms with Gasteiger partial charge in [-0.15, -0.1) is 0 Å². The van der Waals surface area contributed by atoms with Crippen LogP contribution in [0.5, 0.6) is 0 Å². The largest absolute Gasteiger partial charge is 0.429 e. The molecule has 7 nitrogen and oxygen atoms in total. The predicted molar refractivity (Wildman–Crippen MR) is 68.6 cm³/mol. The van der Waals surface area contributed by atoms with Gasteiger partial charge in [-0.1, -0.05) is 12.1 Å². The molecule has 1 aromatic rings. The number of hydrogen-bond donors (Lipinski definition) is 4. The van der Waals surface area contributed by atoms with Crippen LogP contribution < -0.4 is 5.73 Å². The lowest BCUT2D eigenvalue weighted by Crippen LogP contribution is -2.57. The molecular weight excluding hydrogens is 266 g/mol. The molecule has 0 spiro atoms. The molecule has 0 aromatic heterocycles. The van der Waals surface area contributed by atoms with E-state index in [-0.39, 0.29) is 11.3 Å². The maximum Gasteiger partial charge on any atom is 0.342 e. The van der Waals surface area contributed by atoms with Crippen LogP contribution in [0, 0.1) is 0 Å². The highest BCUT2D eigenvalue weighted by Gasteiger charge is 2.43. The Hall–Kier alpha value is -1.67. The highest BCUT2D eigenvalue weighted by Crippen LogP contribution is 2.23. The third kappa shape index (κ3) is 2.75. The number of nitrogens with two attached hydrogens (primary N) is 1. The van der Waals surface area contributed by atoms with Crippen molar-refractivity contribution in [1.29, 1.82) is 0 Å². The van der Waals surface area contributed by atoms with E-state index in [9.17, 15) is 20.1 Å². The van der Waals surface area contributed by atoms with Gasteiger partial charge < -0.3 is 30.5 Å². The zero-order valence-electron chi connectivity index (χ0n) is 10.8. The summed E-state index contributed by atoms with van der Waals surface area (Å²) in [5, 5.41) is 28.9. The first kappa shape index (κ1) is 14.7. The first-order valence-corrected chi connectivity index (χ1v) is 6.17. The van der Waals surface area contributed by atoms with E-state index in [4.69, 9.17) is 15.2 Å². The SMILES string of the molecule is C[C@@H]1O[C@@H](OC(=O)c2ccccc2N)[C@H](O)[C@H](O)[C@H]1O. The third-order valence-corrected chi connectivity index (χ3v) is 3.21. The maximum absolute atomic E-state index is 11.9. The van der Waals surface area contributed by atoms with Crippen LogP contribution in [0.4, 0.5) is 5.69 Å². The molecule has 0 radical (unpaired) electrons. The average Bonchev–Trinajstić information content (AvgIpc) is 2.42. The Morgan fingerprint density at radius 1 is 1.20 bits per heavy atom. The smallest absolute Gasteiger partial charge is 0.342 e. The molecule has 20 heavy (non-hydrogen) atoms. The van der Waals surface area contributed by atoms with Crippen LogP contribution in [0.2, 0.25) is 0 Å². The molecule has 1 aliphatic rings. The van der Waals surface area contributed by atoms with E-state index in [0.717, 1.165) is 0 Å². The van der Waals surface area contributed by atoms with E-state index >= 15 is 0 Å². The molecule has 0 unspecified atom stereocenters. The van der Waals surface area contributed by atoms with Crippen molar-refractivity contribution < 1.29 is 29.6 Å². The van der Waals surface area contributed by atoms with Crippen LogP contribution in [0.25, 0.3) is 0 Å². The van der Waals surface area contributed by atoms with Crippen LogP contribution in [0.15, 0.2) is 24.3 Å². The van der Waals surface area contributed by atoms with Crippen LogP contribution in [-0.4, -0.2) is 52.0 Å². The Kier molecular flexibility index (Phi) is 4.24. The molecule has 1 heterocycles. The van der Waals surface area contributed by atoms with Gasteiger partial charge in [0, 0.05) is 5.69 Å². The van der Waals surface area contributed by atoms with Gasteiger partial charge in [0.25, 0.3) is 0 Å². The zero-order valence-corrected chi connectivity index (χ0v) is 10.8. The minimum Gasteiger partial charge on any atom is -0.429 e. The van der Waals surface area contributed by atoms with Gasteiger partial charge in [0.2, 0.25) is 6.29 Å². The predicted octanol–water partition coefficient (Wildman–Crippen LogP) is -0.747. The van der Waals surface area contributed by atoms with Crippen LogP contribution in [0.3, 0.4) is 0 Å². The standard InChI is InChI=1S/C13H17NO6/c1-6-9(15)10(16)11(17)13(19-6)20-12(18)7-4-2-3-5-8(7)14/h2-6,9-11,13,15-17H,14H2,1H3/t6-,9-,10+,11+,13-/m0/s1. The van der Waals surface area contributed by atoms with Gasteiger partial charge in [-0.2, -0.15) is 0 Å². The Bertz CT molecular complexity index is 494. The first-order valence-electron chi connectivity index (χ1n) is 6.17. The molecule has 1 saturated heterocycles. The van der Waals surface area contributed by atoms with E-state index in [2.05, 4.69) is 0 Å². The normalized spacial score (nSPS) is 33.7. The van der Waals surface area contributed by atoms with E-state index in [1.54, 1.807) is 12.1 Å². The summed E-state index contributed by atoms with van der Waals surface area (Å²) in [4.78, 5) is 11.9. The van der Waals surface area contributed by atoms with E-state index < -0.39 is 36.7 Å². The number of hydrogen-bond acceptors (Lipinski definition) is 7. The fourth-order valence-corrected chi connectivity index (χ4v) is 1.96. The molecule has 0 amide bonds. The third-order valence-electron chi connectivity index (χ3n) is 3.21.